The molecule has 0 aliphatic heterocycles. The lowest BCUT2D eigenvalue weighted by Gasteiger charge is -2.25. The number of unbranched alkanes of at least 4 members (excludes halogenated alkanes) is 2. The summed E-state index contributed by atoms with van der Waals surface area (Å²) >= 11 is 0.627. The number of rotatable bonds is 10. The van der Waals surface area contributed by atoms with Crippen molar-refractivity contribution in [2.75, 3.05) is 23.0 Å². The SMILES string of the molecule is CCCC[SH](=O)(CCCC)CC(C)C[S+]=O. The summed E-state index contributed by atoms with van der Waals surface area (Å²) in [6, 6.07) is 0. The summed E-state index contributed by atoms with van der Waals surface area (Å²) in [6.45, 7) is 6.33. The van der Waals surface area contributed by atoms with Gasteiger partial charge in [-0.3, -0.25) is 4.21 Å². The average molecular weight is 267 g/mol. The second kappa shape index (κ2) is 9.23. The molecule has 0 aliphatic rings. The Morgan fingerprint density at radius 1 is 1.12 bits per heavy atom. The van der Waals surface area contributed by atoms with E-state index in [0.29, 0.717) is 23.3 Å². The van der Waals surface area contributed by atoms with E-state index in [-0.39, 0.29) is 0 Å². The van der Waals surface area contributed by atoms with Gasteiger partial charge < -0.3 is 0 Å². The predicted octanol–water partition coefficient (Wildman–Crippen LogP) is 2.67. The van der Waals surface area contributed by atoms with Crippen LogP contribution in [0.2, 0.25) is 0 Å². The van der Waals surface area contributed by atoms with Crippen LogP contribution in [0, 0.1) is 5.92 Å². The Morgan fingerprint density at radius 3 is 2.00 bits per heavy atom. The average Bonchev–Trinajstić information content (AvgIpc) is 2.24. The van der Waals surface area contributed by atoms with Gasteiger partial charge in [-0.25, -0.2) is 0 Å². The first-order valence-corrected chi connectivity index (χ1v) is 9.57. The van der Waals surface area contributed by atoms with Crippen LogP contribution in [0.15, 0.2) is 0 Å². The van der Waals surface area contributed by atoms with Gasteiger partial charge in [0.1, 0.15) is 0 Å². The van der Waals surface area contributed by atoms with Crippen molar-refractivity contribution in [3.63, 3.8) is 0 Å². The number of hydrogen-bond acceptors (Lipinski definition) is 2. The van der Waals surface area contributed by atoms with Gasteiger partial charge in [0.05, 0.1) is 0 Å². The molecule has 0 spiro atoms. The van der Waals surface area contributed by atoms with Crippen molar-refractivity contribution >= 4 is 21.6 Å². The minimum absolute atomic E-state index is 0.307. The molecule has 0 saturated heterocycles. The van der Waals surface area contributed by atoms with E-state index in [1.807, 2.05) is 0 Å². The zero-order valence-electron chi connectivity index (χ0n) is 10.9. The van der Waals surface area contributed by atoms with E-state index in [4.69, 9.17) is 0 Å². The van der Waals surface area contributed by atoms with E-state index in [9.17, 15) is 8.42 Å². The van der Waals surface area contributed by atoms with E-state index in [1.165, 1.54) is 0 Å². The van der Waals surface area contributed by atoms with Crippen LogP contribution in [-0.4, -0.2) is 27.2 Å². The maximum Gasteiger partial charge on any atom is 0.458 e. The minimum Gasteiger partial charge on any atom is -0.285 e. The molecule has 16 heavy (non-hydrogen) atoms. The zero-order valence-corrected chi connectivity index (χ0v) is 12.6. The van der Waals surface area contributed by atoms with Crippen molar-refractivity contribution in [1.82, 2.24) is 0 Å². The van der Waals surface area contributed by atoms with Gasteiger partial charge >= 0.3 is 11.7 Å². The van der Waals surface area contributed by atoms with Crippen molar-refractivity contribution in [3.8, 4) is 0 Å². The lowest BCUT2D eigenvalue weighted by atomic mass is 10.3. The standard InChI is InChI=1S/C12H27O2S2/c1-4-6-8-16(14,9-7-5-2)11-12(3)10-15-13/h12,16H,4-11H2,1-3H3/q+1. The monoisotopic (exact) mass is 267 g/mol. The van der Waals surface area contributed by atoms with E-state index in [2.05, 4.69) is 20.8 Å². The van der Waals surface area contributed by atoms with Gasteiger partial charge in [-0.2, -0.15) is 0 Å². The van der Waals surface area contributed by atoms with E-state index >= 15 is 0 Å². The van der Waals surface area contributed by atoms with Crippen molar-refractivity contribution in [3.05, 3.63) is 0 Å². The molecule has 1 atom stereocenters. The Hall–Kier alpha value is 0.170. The van der Waals surface area contributed by atoms with Gasteiger partial charge in [-0.15, -0.1) is 9.93 Å². The Labute approximate surface area is 106 Å². The van der Waals surface area contributed by atoms with Crippen molar-refractivity contribution in [2.45, 2.75) is 46.5 Å². The van der Waals surface area contributed by atoms with Gasteiger partial charge in [-0.1, -0.05) is 33.6 Å². The molecule has 0 amide bonds. The fourth-order valence-corrected chi connectivity index (χ4v) is 6.09. The Kier molecular flexibility index (Phi) is 9.32. The van der Waals surface area contributed by atoms with Crippen molar-refractivity contribution in [2.24, 2.45) is 5.92 Å². The van der Waals surface area contributed by atoms with Crippen LogP contribution in [0.1, 0.15) is 46.5 Å². The highest BCUT2D eigenvalue weighted by atomic mass is 32.2. The molecule has 0 fully saturated rings. The highest BCUT2D eigenvalue weighted by Gasteiger charge is 2.21. The third-order valence-electron chi connectivity index (χ3n) is 2.84. The predicted molar refractivity (Wildman–Crippen MR) is 76.0 cm³/mol. The molecular formula is C12H27O2S2+. The minimum atomic E-state index is -1.99. The van der Waals surface area contributed by atoms with Crippen LogP contribution in [-0.2, 0) is 25.8 Å². The fraction of sp³-hybridized carbons (Fsp3) is 1.00. The summed E-state index contributed by atoms with van der Waals surface area (Å²) in [4.78, 5) is 0. The summed E-state index contributed by atoms with van der Waals surface area (Å²) < 4.78 is 23.2. The Balaban J connectivity index is 4.27. The molecule has 0 saturated carbocycles. The summed E-state index contributed by atoms with van der Waals surface area (Å²) in [7, 11) is -1.99. The summed E-state index contributed by atoms with van der Waals surface area (Å²) in [5.74, 6) is 3.46. The maximum absolute atomic E-state index is 12.7. The second-order valence-electron chi connectivity index (χ2n) is 4.78. The smallest absolute Gasteiger partial charge is 0.285 e. The highest BCUT2D eigenvalue weighted by Crippen LogP contribution is 2.15. The Morgan fingerprint density at radius 2 is 1.62 bits per heavy atom. The van der Waals surface area contributed by atoms with E-state index < -0.39 is 9.93 Å². The number of thiol groups is 1. The summed E-state index contributed by atoms with van der Waals surface area (Å²) in [5, 5.41) is 0. The largest absolute Gasteiger partial charge is 0.458 e. The third kappa shape index (κ3) is 7.44. The first-order valence-electron chi connectivity index (χ1n) is 6.39. The molecule has 0 N–H and O–H groups in total. The van der Waals surface area contributed by atoms with Crippen molar-refractivity contribution in [1.29, 1.82) is 0 Å². The highest BCUT2D eigenvalue weighted by molar-refractivity contribution is 8.03. The van der Waals surface area contributed by atoms with Crippen LogP contribution in [0.25, 0.3) is 0 Å². The molecule has 2 nitrogen and oxygen atoms in total. The van der Waals surface area contributed by atoms with Gasteiger partial charge in [0, 0.05) is 27.4 Å². The molecule has 0 rings (SSSR count). The normalized spacial score (nSPS) is 14.7. The van der Waals surface area contributed by atoms with Crippen LogP contribution in [0.5, 0.6) is 0 Å². The van der Waals surface area contributed by atoms with Crippen LogP contribution in [0.4, 0.5) is 0 Å². The van der Waals surface area contributed by atoms with Crippen molar-refractivity contribution < 1.29 is 8.42 Å². The summed E-state index contributed by atoms with van der Waals surface area (Å²) in [6.07, 6.45) is 4.36. The molecular weight excluding hydrogens is 240 g/mol. The molecule has 1 unspecified atom stereocenters. The zero-order chi connectivity index (χ0) is 12.4. The lowest BCUT2D eigenvalue weighted by Crippen LogP contribution is -2.29. The maximum atomic E-state index is 12.7. The van der Waals surface area contributed by atoms with Crippen LogP contribution in [0.3, 0.4) is 0 Å². The van der Waals surface area contributed by atoms with Gasteiger partial charge in [0.25, 0.3) is 0 Å². The molecule has 0 aromatic heterocycles. The molecule has 0 radical (unpaired) electrons. The molecule has 0 heterocycles. The third-order valence-corrected chi connectivity index (χ3v) is 7.09. The van der Waals surface area contributed by atoms with Crippen LogP contribution >= 0.6 is 0 Å². The Bertz CT molecular complexity index is 217. The van der Waals surface area contributed by atoms with Gasteiger partial charge in [0.15, 0.2) is 0 Å². The molecule has 0 aliphatic carbocycles. The van der Waals surface area contributed by atoms with Gasteiger partial charge in [-0.05, 0) is 12.8 Å². The van der Waals surface area contributed by atoms with E-state index in [0.717, 1.165) is 42.9 Å². The summed E-state index contributed by atoms with van der Waals surface area (Å²) in [5.41, 5.74) is 0. The molecule has 4 heteroatoms. The molecule has 0 aromatic carbocycles. The second-order valence-corrected chi connectivity index (χ2v) is 8.73. The van der Waals surface area contributed by atoms with Crippen LogP contribution < -0.4 is 0 Å². The van der Waals surface area contributed by atoms with E-state index in [1.54, 1.807) is 0 Å². The molecule has 0 aromatic rings. The first-order chi connectivity index (χ1) is 7.58. The first kappa shape index (κ1) is 16.2. The van der Waals surface area contributed by atoms with Gasteiger partial charge in [0.2, 0.25) is 5.75 Å². The topological polar surface area (TPSA) is 34.1 Å². The fourth-order valence-electron chi connectivity index (χ4n) is 1.92. The molecule has 0 bridgehead atoms. The number of hydrogen-bond donors (Lipinski definition) is 1. The lowest BCUT2D eigenvalue weighted by molar-refractivity contribution is 0.597. The molecule has 98 valence electrons. The quantitative estimate of drug-likeness (QED) is 0.488.